The van der Waals surface area contributed by atoms with Gasteiger partial charge >= 0.3 is 0 Å². The molecule has 0 saturated carbocycles. The first-order valence-corrected chi connectivity index (χ1v) is 7.36. The molecule has 0 unspecified atom stereocenters. The van der Waals surface area contributed by atoms with Crippen LogP contribution in [0.5, 0.6) is 5.75 Å². The monoisotopic (exact) mass is 315 g/mol. The van der Waals surface area contributed by atoms with Crippen molar-refractivity contribution in [2.24, 2.45) is 5.73 Å². The maximum atomic E-state index is 12.5. The van der Waals surface area contributed by atoms with Crippen molar-refractivity contribution in [1.82, 2.24) is 4.90 Å². The average molecular weight is 315 g/mol. The highest BCUT2D eigenvalue weighted by Crippen LogP contribution is 2.32. The topological polar surface area (TPSA) is 75.9 Å². The van der Waals surface area contributed by atoms with Crippen LogP contribution in [0.1, 0.15) is 0 Å². The lowest BCUT2D eigenvalue weighted by atomic mass is 10.1. The molecule has 0 spiro atoms. The SMILES string of the molecule is C=CCN(CC=C)C(=O)CN1C[C@H](C(N)=O)Oc2ccccc21. The molecular weight excluding hydrogens is 294 g/mol. The molecule has 0 fully saturated rings. The van der Waals surface area contributed by atoms with Gasteiger partial charge in [0, 0.05) is 13.1 Å². The van der Waals surface area contributed by atoms with Gasteiger partial charge in [-0.15, -0.1) is 13.2 Å². The molecule has 23 heavy (non-hydrogen) atoms. The number of fused-ring (bicyclic) bond motifs is 1. The molecule has 1 atom stereocenters. The van der Waals surface area contributed by atoms with Gasteiger partial charge in [-0.1, -0.05) is 24.3 Å². The van der Waals surface area contributed by atoms with Crippen LogP contribution in [0, 0.1) is 0 Å². The molecule has 1 aliphatic heterocycles. The fourth-order valence-corrected chi connectivity index (χ4v) is 2.46. The summed E-state index contributed by atoms with van der Waals surface area (Å²) in [7, 11) is 0. The number of anilines is 1. The van der Waals surface area contributed by atoms with Crippen molar-refractivity contribution in [3.63, 3.8) is 0 Å². The lowest BCUT2D eigenvalue weighted by Gasteiger charge is -2.35. The van der Waals surface area contributed by atoms with Gasteiger partial charge in [0.1, 0.15) is 5.75 Å². The number of ether oxygens (including phenoxy) is 1. The maximum absolute atomic E-state index is 12.5. The fourth-order valence-electron chi connectivity index (χ4n) is 2.46. The van der Waals surface area contributed by atoms with E-state index in [-0.39, 0.29) is 19.0 Å². The standard InChI is InChI=1S/C17H21N3O3/c1-3-9-19(10-4-2)16(21)12-20-11-15(17(18)22)23-14-8-6-5-7-13(14)20/h3-8,15H,1-2,9-12H2,(H2,18,22)/t15-/m1/s1. The first kappa shape index (κ1) is 16.6. The molecule has 2 amide bonds. The van der Waals surface area contributed by atoms with Crippen molar-refractivity contribution in [3.8, 4) is 5.75 Å². The van der Waals surface area contributed by atoms with Gasteiger partial charge in [0.05, 0.1) is 18.8 Å². The van der Waals surface area contributed by atoms with E-state index in [1.807, 2.05) is 23.1 Å². The Kier molecular flexibility index (Phi) is 5.41. The van der Waals surface area contributed by atoms with Crippen molar-refractivity contribution in [2.75, 3.05) is 31.1 Å². The Labute approximate surface area is 135 Å². The largest absolute Gasteiger partial charge is 0.477 e. The van der Waals surface area contributed by atoms with E-state index in [0.717, 1.165) is 5.69 Å². The minimum atomic E-state index is -0.773. The molecule has 6 nitrogen and oxygen atoms in total. The summed E-state index contributed by atoms with van der Waals surface area (Å²) in [6, 6.07) is 7.28. The number of carbonyl (C=O) groups excluding carboxylic acids is 2. The summed E-state index contributed by atoms with van der Waals surface area (Å²) in [4.78, 5) is 27.4. The van der Waals surface area contributed by atoms with Crippen LogP contribution in [-0.4, -0.2) is 49.0 Å². The molecule has 122 valence electrons. The fraction of sp³-hybridized carbons (Fsp3) is 0.294. The number of nitrogens with zero attached hydrogens (tertiary/aromatic N) is 2. The van der Waals surface area contributed by atoms with Gasteiger partial charge in [0.2, 0.25) is 5.91 Å². The summed E-state index contributed by atoms with van der Waals surface area (Å²) < 4.78 is 5.59. The number of primary amides is 1. The highest BCUT2D eigenvalue weighted by Gasteiger charge is 2.30. The summed E-state index contributed by atoms with van der Waals surface area (Å²) in [5, 5.41) is 0. The third-order valence-corrected chi connectivity index (χ3v) is 3.56. The summed E-state index contributed by atoms with van der Waals surface area (Å²) in [6.45, 7) is 8.58. The Morgan fingerprint density at radius 1 is 1.30 bits per heavy atom. The van der Waals surface area contributed by atoms with E-state index in [4.69, 9.17) is 10.5 Å². The first-order chi connectivity index (χ1) is 11.1. The van der Waals surface area contributed by atoms with E-state index in [1.54, 1.807) is 23.1 Å². The normalized spacial score (nSPS) is 16.0. The van der Waals surface area contributed by atoms with E-state index in [9.17, 15) is 9.59 Å². The van der Waals surface area contributed by atoms with Crippen LogP contribution in [0.3, 0.4) is 0 Å². The Hall–Kier alpha value is -2.76. The molecule has 2 N–H and O–H groups in total. The van der Waals surface area contributed by atoms with Crippen LogP contribution in [0.15, 0.2) is 49.6 Å². The first-order valence-electron chi connectivity index (χ1n) is 7.36. The third-order valence-electron chi connectivity index (χ3n) is 3.56. The molecule has 0 radical (unpaired) electrons. The molecule has 0 aliphatic carbocycles. The zero-order chi connectivity index (χ0) is 16.8. The summed E-state index contributed by atoms with van der Waals surface area (Å²) in [5.74, 6) is -0.0787. The number of rotatable bonds is 7. The van der Waals surface area contributed by atoms with E-state index < -0.39 is 12.0 Å². The molecule has 1 aromatic rings. The predicted octanol–water partition coefficient (Wildman–Crippen LogP) is 0.940. The molecule has 2 rings (SSSR count). The van der Waals surface area contributed by atoms with Crippen LogP contribution in [-0.2, 0) is 9.59 Å². The van der Waals surface area contributed by atoms with E-state index in [0.29, 0.717) is 18.8 Å². The van der Waals surface area contributed by atoms with Gasteiger partial charge in [-0.25, -0.2) is 0 Å². The molecule has 0 aromatic heterocycles. The van der Waals surface area contributed by atoms with Gasteiger partial charge < -0.3 is 20.3 Å². The molecule has 1 aliphatic rings. The Balaban J connectivity index is 2.20. The van der Waals surface area contributed by atoms with Gasteiger partial charge in [-0.05, 0) is 12.1 Å². The molecule has 1 aromatic carbocycles. The number of amides is 2. The third kappa shape index (κ3) is 3.91. The number of para-hydroxylation sites is 2. The van der Waals surface area contributed by atoms with E-state index in [1.165, 1.54) is 0 Å². The molecule has 0 bridgehead atoms. The minimum Gasteiger partial charge on any atom is -0.477 e. The average Bonchev–Trinajstić information content (AvgIpc) is 2.54. The lowest BCUT2D eigenvalue weighted by molar-refractivity contribution is -0.129. The molecule has 1 heterocycles. The Morgan fingerprint density at radius 2 is 1.96 bits per heavy atom. The maximum Gasteiger partial charge on any atom is 0.260 e. The molecular formula is C17H21N3O3. The van der Waals surface area contributed by atoms with Crippen LogP contribution in [0.25, 0.3) is 0 Å². The number of hydrogen-bond donors (Lipinski definition) is 1. The van der Waals surface area contributed by atoms with Crippen LogP contribution >= 0.6 is 0 Å². The molecule has 6 heteroatoms. The Bertz CT molecular complexity index is 605. The van der Waals surface area contributed by atoms with Crippen molar-refractivity contribution >= 4 is 17.5 Å². The van der Waals surface area contributed by atoms with Crippen molar-refractivity contribution in [1.29, 1.82) is 0 Å². The lowest BCUT2D eigenvalue weighted by Crippen LogP contribution is -2.50. The van der Waals surface area contributed by atoms with Crippen molar-refractivity contribution < 1.29 is 14.3 Å². The van der Waals surface area contributed by atoms with Crippen molar-refractivity contribution in [3.05, 3.63) is 49.6 Å². The predicted molar refractivity (Wildman–Crippen MR) is 89.2 cm³/mol. The molecule has 0 saturated heterocycles. The zero-order valence-corrected chi connectivity index (χ0v) is 13.0. The van der Waals surface area contributed by atoms with Gasteiger partial charge in [-0.3, -0.25) is 9.59 Å². The highest BCUT2D eigenvalue weighted by molar-refractivity contribution is 5.85. The smallest absolute Gasteiger partial charge is 0.260 e. The minimum absolute atomic E-state index is 0.0790. The number of hydrogen-bond acceptors (Lipinski definition) is 4. The zero-order valence-electron chi connectivity index (χ0n) is 13.0. The quantitative estimate of drug-likeness (QED) is 0.760. The number of nitrogens with two attached hydrogens (primary N) is 1. The van der Waals surface area contributed by atoms with Crippen LogP contribution in [0.4, 0.5) is 5.69 Å². The summed E-state index contributed by atoms with van der Waals surface area (Å²) in [6.07, 6.45) is 2.56. The summed E-state index contributed by atoms with van der Waals surface area (Å²) in [5.41, 5.74) is 6.13. The number of carbonyl (C=O) groups is 2. The van der Waals surface area contributed by atoms with Gasteiger partial charge in [0.15, 0.2) is 6.10 Å². The van der Waals surface area contributed by atoms with Gasteiger partial charge in [-0.2, -0.15) is 0 Å². The number of benzene rings is 1. The summed E-state index contributed by atoms with van der Waals surface area (Å²) >= 11 is 0. The Morgan fingerprint density at radius 3 is 2.57 bits per heavy atom. The van der Waals surface area contributed by atoms with E-state index in [2.05, 4.69) is 13.2 Å². The van der Waals surface area contributed by atoms with Crippen LogP contribution in [0.2, 0.25) is 0 Å². The highest BCUT2D eigenvalue weighted by atomic mass is 16.5. The second kappa shape index (κ2) is 7.49. The van der Waals surface area contributed by atoms with E-state index >= 15 is 0 Å². The second-order valence-electron chi connectivity index (χ2n) is 5.23. The van der Waals surface area contributed by atoms with Crippen LogP contribution < -0.4 is 15.4 Å². The van der Waals surface area contributed by atoms with Crippen molar-refractivity contribution in [2.45, 2.75) is 6.10 Å². The second-order valence-corrected chi connectivity index (χ2v) is 5.23. The van der Waals surface area contributed by atoms with Gasteiger partial charge in [0.25, 0.3) is 5.91 Å².